The molecule has 2 aliphatic heterocycles. The fourth-order valence-electron chi connectivity index (χ4n) is 4.74. The minimum absolute atomic E-state index is 0.0180. The van der Waals surface area contributed by atoms with Crippen molar-refractivity contribution in [2.45, 2.75) is 68.3 Å². The first-order valence-electron chi connectivity index (χ1n) is 12.9. The van der Waals surface area contributed by atoms with Crippen LogP contribution in [0, 0.1) is 0 Å². The summed E-state index contributed by atoms with van der Waals surface area (Å²) in [4.78, 5) is 12.8. The SMILES string of the molecule is C[C@@H]1O[C@@H](OC[C@H]2O[C@@H](Oc3cc4oc(-c5ccc(O)cc5)cc(=O)c4c(O)c3O)[C@H](O)[C@@H](O)[C@@H]2O)[C@@H](O)[C@@H](O)[C@H]1O. The summed E-state index contributed by atoms with van der Waals surface area (Å²) in [7, 11) is 0. The van der Waals surface area contributed by atoms with Gasteiger partial charge >= 0.3 is 0 Å². The van der Waals surface area contributed by atoms with Gasteiger partial charge in [-0.25, -0.2) is 0 Å². The Morgan fingerprint density at radius 2 is 1.40 bits per heavy atom. The summed E-state index contributed by atoms with van der Waals surface area (Å²) in [6.07, 6.45) is -15.6. The predicted molar refractivity (Wildman–Crippen MR) is 139 cm³/mol. The van der Waals surface area contributed by atoms with Crippen molar-refractivity contribution in [3.63, 3.8) is 0 Å². The van der Waals surface area contributed by atoms with Crippen LogP contribution in [0.4, 0.5) is 0 Å². The highest BCUT2D eigenvalue weighted by Crippen LogP contribution is 2.42. The van der Waals surface area contributed by atoms with E-state index in [0.717, 1.165) is 12.1 Å². The Bertz CT molecular complexity index is 1470. The number of hydrogen-bond donors (Lipinski definition) is 9. The van der Waals surface area contributed by atoms with Crippen molar-refractivity contribution < 1.29 is 69.3 Å². The Morgan fingerprint density at radius 3 is 2.10 bits per heavy atom. The van der Waals surface area contributed by atoms with E-state index >= 15 is 0 Å². The highest BCUT2D eigenvalue weighted by atomic mass is 16.7. The molecule has 0 bridgehead atoms. The third kappa shape index (κ3) is 5.49. The Labute approximate surface area is 236 Å². The minimum Gasteiger partial charge on any atom is -0.508 e. The van der Waals surface area contributed by atoms with Crippen LogP contribution in [0.3, 0.4) is 0 Å². The molecule has 5 rings (SSSR count). The highest BCUT2D eigenvalue weighted by Gasteiger charge is 2.47. The molecule has 15 heteroatoms. The fourth-order valence-corrected chi connectivity index (χ4v) is 4.74. The molecular weight excluding hydrogens is 564 g/mol. The van der Waals surface area contributed by atoms with Crippen LogP contribution in [0.2, 0.25) is 0 Å². The normalized spacial score (nSPS) is 33.5. The van der Waals surface area contributed by atoms with Crippen molar-refractivity contribution in [3.05, 3.63) is 46.6 Å². The number of ether oxygens (including phenoxy) is 4. The smallest absolute Gasteiger partial charge is 0.229 e. The number of aromatic hydroxyl groups is 3. The van der Waals surface area contributed by atoms with E-state index in [4.69, 9.17) is 23.4 Å². The standard InChI is InChI=1S/C27H30O15/c1-9-18(30)22(34)24(36)26(39-9)38-8-16-20(32)23(35)25(37)27(42-16)41-15-7-14-17(21(33)19(15)31)12(29)6-13(40-14)10-2-4-11(28)5-3-10/h2-7,9,16,18,20,22-28,30-37H,8H2,1H3/t9-,16+,18-,20+,22-,23-,24-,25+,26+,27+/m0/s1. The zero-order valence-electron chi connectivity index (χ0n) is 21.9. The van der Waals surface area contributed by atoms with Crippen molar-refractivity contribution in [2.75, 3.05) is 6.61 Å². The summed E-state index contributed by atoms with van der Waals surface area (Å²) < 4.78 is 27.6. The first-order chi connectivity index (χ1) is 19.9. The third-order valence-electron chi connectivity index (χ3n) is 7.23. The van der Waals surface area contributed by atoms with E-state index in [2.05, 4.69) is 0 Å². The van der Waals surface area contributed by atoms with Crippen LogP contribution in [-0.4, -0.2) is 114 Å². The van der Waals surface area contributed by atoms with Crippen LogP contribution >= 0.6 is 0 Å². The molecule has 42 heavy (non-hydrogen) atoms. The summed E-state index contributed by atoms with van der Waals surface area (Å²) in [6.45, 7) is 0.884. The first kappa shape index (κ1) is 30.0. The molecule has 15 nitrogen and oxygen atoms in total. The molecule has 0 amide bonds. The number of aliphatic hydroxyl groups excluding tert-OH is 6. The van der Waals surface area contributed by atoms with Gasteiger partial charge in [0, 0.05) is 17.7 Å². The van der Waals surface area contributed by atoms with Gasteiger partial charge in [-0.1, -0.05) is 0 Å². The number of hydrogen-bond acceptors (Lipinski definition) is 15. The van der Waals surface area contributed by atoms with Crippen LogP contribution in [0.1, 0.15) is 6.92 Å². The van der Waals surface area contributed by atoms with E-state index in [0.29, 0.717) is 5.56 Å². The van der Waals surface area contributed by atoms with Crippen LogP contribution in [0.15, 0.2) is 45.6 Å². The second kappa shape index (κ2) is 11.6. The van der Waals surface area contributed by atoms with Crippen LogP contribution in [0.25, 0.3) is 22.3 Å². The molecule has 0 spiro atoms. The molecular formula is C27H30O15. The van der Waals surface area contributed by atoms with Gasteiger partial charge in [-0.2, -0.15) is 0 Å². The molecule has 0 unspecified atom stereocenters. The lowest BCUT2D eigenvalue weighted by Crippen LogP contribution is -2.61. The Balaban J connectivity index is 1.38. The van der Waals surface area contributed by atoms with E-state index in [1.165, 1.54) is 31.2 Å². The Morgan fingerprint density at radius 1 is 0.762 bits per heavy atom. The predicted octanol–water partition coefficient (Wildman–Crippen LogP) is -1.39. The number of rotatable bonds is 6. The number of fused-ring (bicyclic) bond motifs is 1. The van der Waals surface area contributed by atoms with Crippen LogP contribution in [0.5, 0.6) is 23.0 Å². The zero-order valence-corrected chi connectivity index (χ0v) is 21.9. The molecule has 2 aromatic carbocycles. The van der Waals surface area contributed by atoms with Crippen molar-refractivity contribution in [2.24, 2.45) is 0 Å². The molecule has 9 N–H and O–H groups in total. The third-order valence-corrected chi connectivity index (χ3v) is 7.23. The molecule has 2 saturated heterocycles. The monoisotopic (exact) mass is 594 g/mol. The maximum absolute atomic E-state index is 12.8. The summed E-state index contributed by atoms with van der Waals surface area (Å²) in [5, 5.41) is 91.6. The number of aliphatic hydroxyl groups is 6. The van der Waals surface area contributed by atoms with E-state index in [9.17, 15) is 50.8 Å². The van der Waals surface area contributed by atoms with Gasteiger partial charge in [0.2, 0.25) is 12.0 Å². The van der Waals surface area contributed by atoms with E-state index in [1.807, 2.05) is 0 Å². The maximum Gasteiger partial charge on any atom is 0.229 e. The van der Waals surface area contributed by atoms with Gasteiger partial charge in [-0.15, -0.1) is 0 Å². The van der Waals surface area contributed by atoms with Gasteiger partial charge in [0.05, 0.1) is 12.7 Å². The molecule has 3 aromatic rings. The minimum atomic E-state index is -1.88. The summed E-state index contributed by atoms with van der Waals surface area (Å²) in [5.41, 5.74) is -0.515. The number of benzene rings is 2. The largest absolute Gasteiger partial charge is 0.508 e. The maximum atomic E-state index is 12.8. The quantitative estimate of drug-likeness (QED) is 0.149. The fraction of sp³-hybridized carbons (Fsp3) is 0.444. The zero-order chi connectivity index (χ0) is 30.5. The molecule has 0 radical (unpaired) electrons. The summed E-state index contributed by atoms with van der Waals surface area (Å²) in [6, 6.07) is 7.85. The van der Waals surface area contributed by atoms with Gasteiger partial charge in [0.1, 0.15) is 65.2 Å². The molecule has 228 valence electrons. The van der Waals surface area contributed by atoms with Crippen molar-refractivity contribution in [1.82, 2.24) is 0 Å². The van der Waals surface area contributed by atoms with E-state index in [1.54, 1.807) is 0 Å². The molecule has 10 atom stereocenters. The molecule has 0 saturated carbocycles. The Kier molecular flexibility index (Phi) is 8.30. The summed E-state index contributed by atoms with van der Waals surface area (Å²) >= 11 is 0. The van der Waals surface area contributed by atoms with Gasteiger partial charge in [-0.05, 0) is 31.2 Å². The second-order valence-corrected chi connectivity index (χ2v) is 10.1. The molecule has 1 aromatic heterocycles. The van der Waals surface area contributed by atoms with Crippen LogP contribution < -0.4 is 10.2 Å². The summed E-state index contributed by atoms with van der Waals surface area (Å²) in [5.74, 6) is -2.27. The van der Waals surface area contributed by atoms with Gasteiger partial charge in [0.15, 0.2) is 23.2 Å². The number of phenols is 3. The molecule has 0 aliphatic carbocycles. The lowest BCUT2D eigenvalue weighted by atomic mass is 9.98. The van der Waals surface area contributed by atoms with E-state index in [-0.39, 0.29) is 22.5 Å². The lowest BCUT2D eigenvalue weighted by Gasteiger charge is -2.42. The molecule has 3 heterocycles. The van der Waals surface area contributed by atoms with Crippen molar-refractivity contribution in [3.8, 4) is 34.3 Å². The van der Waals surface area contributed by atoms with Gasteiger partial charge in [-0.3, -0.25) is 4.79 Å². The number of phenolic OH excluding ortho intramolecular Hbond substituents is 3. The average Bonchev–Trinajstić information content (AvgIpc) is 2.96. The van der Waals surface area contributed by atoms with Crippen molar-refractivity contribution >= 4 is 11.0 Å². The highest BCUT2D eigenvalue weighted by molar-refractivity contribution is 5.89. The van der Waals surface area contributed by atoms with E-state index < -0.39 is 90.7 Å². The Hall–Kier alpha value is -3.51. The van der Waals surface area contributed by atoms with Crippen LogP contribution in [-0.2, 0) is 14.2 Å². The first-order valence-corrected chi connectivity index (χ1v) is 12.9. The topological polar surface area (TPSA) is 249 Å². The molecule has 2 aliphatic rings. The molecule has 2 fully saturated rings. The van der Waals surface area contributed by atoms with Gasteiger partial charge in [0.25, 0.3) is 0 Å². The van der Waals surface area contributed by atoms with Gasteiger partial charge < -0.3 is 69.3 Å². The lowest BCUT2D eigenvalue weighted by molar-refractivity contribution is -0.318. The second-order valence-electron chi connectivity index (χ2n) is 10.1. The average molecular weight is 595 g/mol. The van der Waals surface area contributed by atoms with Crippen molar-refractivity contribution in [1.29, 1.82) is 0 Å².